The van der Waals surface area contributed by atoms with E-state index in [2.05, 4.69) is 17.6 Å². The summed E-state index contributed by atoms with van der Waals surface area (Å²) < 4.78 is 0. The van der Waals surface area contributed by atoms with Crippen molar-refractivity contribution in [1.82, 2.24) is 10.6 Å². The van der Waals surface area contributed by atoms with E-state index >= 15 is 0 Å². The molecule has 3 unspecified atom stereocenters. The average molecular weight is 273 g/mol. The standard InChI is InChI=1S/C14H24N2O.ClH/c1-14(6-3-7-15-8-14)9-16-13(17)12-10-4-2-5-11(10)12;/h10-12,15H,2-9H2,1H3,(H,16,17);1H. The van der Waals surface area contributed by atoms with Crippen LogP contribution in [0.2, 0.25) is 0 Å². The van der Waals surface area contributed by atoms with Gasteiger partial charge in [0.2, 0.25) is 5.91 Å². The molecular formula is C14H25ClN2O. The van der Waals surface area contributed by atoms with E-state index in [-0.39, 0.29) is 17.8 Å². The van der Waals surface area contributed by atoms with Gasteiger partial charge in [0, 0.05) is 19.0 Å². The fourth-order valence-electron chi connectivity index (χ4n) is 3.90. The molecule has 3 fully saturated rings. The SMILES string of the molecule is CC1(CNC(=O)C2C3CCCC32)CCCNC1.Cl. The third-order valence-electron chi connectivity index (χ3n) is 5.08. The zero-order chi connectivity index (χ0) is 11.9. The number of nitrogens with one attached hydrogen (secondary N) is 2. The molecule has 3 atom stereocenters. The predicted molar refractivity (Wildman–Crippen MR) is 74.8 cm³/mol. The van der Waals surface area contributed by atoms with Crippen molar-refractivity contribution in [1.29, 1.82) is 0 Å². The summed E-state index contributed by atoms with van der Waals surface area (Å²) in [5.41, 5.74) is 0.276. The monoisotopic (exact) mass is 272 g/mol. The number of carbonyl (C=O) groups is 1. The highest BCUT2D eigenvalue weighted by molar-refractivity contribution is 5.85. The van der Waals surface area contributed by atoms with Crippen LogP contribution in [0.1, 0.15) is 39.0 Å². The fraction of sp³-hybridized carbons (Fsp3) is 0.929. The normalized spacial score (nSPS) is 41.7. The lowest BCUT2D eigenvalue weighted by Crippen LogP contribution is -2.46. The van der Waals surface area contributed by atoms with Crippen LogP contribution in [-0.2, 0) is 4.79 Å². The minimum absolute atomic E-state index is 0. The van der Waals surface area contributed by atoms with Crippen LogP contribution in [0.15, 0.2) is 0 Å². The summed E-state index contributed by atoms with van der Waals surface area (Å²) in [5, 5.41) is 6.64. The maximum Gasteiger partial charge on any atom is 0.223 e. The van der Waals surface area contributed by atoms with Crippen molar-refractivity contribution < 1.29 is 4.79 Å². The molecule has 2 saturated carbocycles. The van der Waals surface area contributed by atoms with Gasteiger partial charge in [-0.05, 0) is 49.5 Å². The zero-order valence-corrected chi connectivity index (χ0v) is 12.0. The molecule has 1 heterocycles. The quantitative estimate of drug-likeness (QED) is 0.825. The van der Waals surface area contributed by atoms with E-state index in [0.717, 1.165) is 31.5 Å². The molecule has 104 valence electrons. The van der Waals surface area contributed by atoms with Crippen molar-refractivity contribution in [3.63, 3.8) is 0 Å². The molecule has 0 aromatic rings. The van der Waals surface area contributed by atoms with Crippen molar-refractivity contribution in [2.24, 2.45) is 23.2 Å². The molecule has 0 spiro atoms. The van der Waals surface area contributed by atoms with Gasteiger partial charge in [0.1, 0.15) is 0 Å². The highest BCUT2D eigenvalue weighted by Crippen LogP contribution is 2.57. The molecule has 1 aliphatic heterocycles. The van der Waals surface area contributed by atoms with Crippen LogP contribution < -0.4 is 10.6 Å². The molecule has 0 radical (unpaired) electrons. The highest BCUT2D eigenvalue weighted by Gasteiger charge is 2.56. The Morgan fingerprint density at radius 1 is 1.33 bits per heavy atom. The van der Waals surface area contributed by atoms with Crippen LogP contribution in [0, 0.1) is 23.2 Å². The number of fused-ring (bicyclic) bond motifs is 1. The van der Waals surface area contributed by atoms with Crippen molar-refractivity contribution in [3.8, 4) is 0 Å². The molecule has 0 bridgehead atoms. The second-order valence-electron chi connectivity index (χ2n) is 6.59. The van der Waals surface area contributed by atoms with Gasteiger partial charge >= 0.3 is 0 Å². The number of amides is 1. The minimum atomic E-state index is 0. The summed E-state index contributed by atoms with van der Waals surface area (Å²) in [6, 6.07) is 0. The van der Waals surface area contributed by atoms with Crippen LogP contribution in [0.3, 0.4) is 0 Å². The molecule has 0 aromatic carbocycles. The molecule has 3 aliphatic rings. The van der Waals surface area contributed by atoms with Gasteiger partial charge in [-0.25, -0.2) is 0 Å². The van der Waals surface area contributed by atoms with Crippen LogP contribution in [0.25, 0.3) is 0 Å². The van der Waals surface area contributed by atoms with E-state index in [4.69, 9.17) is 0 Å². The molecule has 1 saturated heterocycles. The second-order valence-corrected chi connectivity index (χ2v) is 6.59. The van der Waals surface area contributed by atoms with Gasteiger partial charge in [0.05, 0.1) is 0 Å². The smallest absolute Gasteiger partial charge is 0.223 e. The Balaban J connectivity index is 0.00000120. The third-order valence-corrected chi connectivity index (χ3v) is 5.08. The number of rotatable bonds is 3. The Labute approximate surface area is 116 Å². The lowest BCUT2D eigenvalue weighted by atomic mass is 9.83. The van der Waals surface area contributed by atoms with Gasteiger partial charge in [-0.2, -0.15) is 0 Å². The van der Waals surface area contributed by atoms with Crippen LogP contribution in [0.4, 0.5) is 0 Å². The number of hydrogen-bond donors (Lipinski definition) is 2. The van der Waals surface area contributed by atoms with E-state index in [1.807, 2.05) is 0 Å². The molecule has 4 heteroatoms. The molecule has 18 heavy (non-hydrogen) atoms. The molecule has 3 rings (SSSR count). The molecular weight excluding hydrogens is 248 g/mol. The summed E-state index contributed by atoms with van der Waals surface area (Å²) in [6.07, 6.45) is 6.41. The van der Waals surface area contributed by atoms with Crippen molar-refractivity contribution >= 4 is 18.3 Å². The zero-order valence-electron chi connectivity index (χ0n) is 11.2. The second kappa shape index (κ2) is 5.38. The molecule has 2 aliphatic carbocycles. The van der Waals surface area contributed by atoms with Crippen molar-refractivity contribution in [2.45, 2.75) is 39.0 Å². The highest BCUT2D eigenvalue weighted by atomic mass is 35.5. The summed E-state index contributed by atoms with van der Waals surface area (Å²) in [5.74, 6) is 2.20. The lowest BCUT2D eigenvalue weighted by molar-refractivity contribution is -0.123. The average Bonchev–Trinajstić information content (AvgIpc) is 2.81. The number of piperidine rings is 1. The molecule has 2 N–H and O–H groups in total. The predicted octanol–water partition coefficient (Wildman–Crippen LogP) is 1.96. The maximum atomic E-state index is 12.1. The Hall–Kier alpha value is -0.280. The van der Waals surface area contributed by atoms with Gasteiger partial charge in [-0.15, -0.1) is 12.4 Å². The van der Waals surface area contributed by atoms with Gasteiger partial charge in [-0.3, -0.25) is 4.79 Å². The minimum Gasteiger partial charge on any atom is -0.355 e. The fourth-order valence-corrected chi connectivity index (χ4v) is 3.90. The van der Waals surface area contributed by atoms with E-state index < -0.39 is 0 Å². The topological polar surface area (TPSA) is 41.1 Å². The Morgan fingerprint density at radius 3 is 2.67 bits per heavy atom. The molecule has 0 aromatic heterocycles. The molecule has 1 amide bonds. The Bertz CT molecular complexity index is 305. The first-order chi connectivity index (χ1) is 8.20. The van der Waals surface area contributed by atoms with Gasteiger partial charge in [0.25, 0.3) is 0 Å². The number of halogens is 1. The van der Waals surface area contributed by atoms with Gasteiger partial charge in [0.15, 0.2) is 0 Å². The van der Waals surface area contributed by atoms with Crippen LogP contribution in [0.5, 0.6) is 0 Å². The van der Waals surface area contributed by atoms with Crippen LogP contribution >= 0.6 is 12.4 Å². The number of carbonyl (C=O) groups excluding carboxylic acids is 1. The van der Waals surface area contributed by atoms with Gasteiger partial charge in [-0.1, -0.05) is 13.3 Å². The van der Waals surface area contributed by atoms with E-state index in [1.54, 1.807) is 0 Å². The Kier molecular flexibility index (Phi) is 4.22. The first kappa shape index (κ1) is 14.1. The third kappa shape index (κ3) is 2.67. The summed E-state index contributed by atoms with van der Waals surface area (Å²) >= 11 is 0. The van der Waals surface area contributed by atoms with E-state index in [9.17, 15) is 4.79 Å². The largest absolute Gasteiger partial charge is 0.355 e. The summed E-state index contributed by atoms with van der Waals surface area (Å²) in [4.78, 5) is 12.1. The van der Waals surface area contributed by atoms with Crippen molar-refractivity contribution in [2.75, 3.05) is 19.6 Å². The summed E-state index contributed by atoms with van der Waals surface area (Å²) in [6.45, 7) is 5.32. The molecule has 3 nitrogen and oxygen atoms in total. The Morgan fingerprint density at radius 2 is 2.06 bits per heavy atom. The lowest BCUT2D eigenvalue weighted by Gasteiger charge is -2.34. The van der Waals surface area contributed by atoms with E-state index in [0.29, 0.717) is 11.8 Å². The first-order valence-electron chi connectivity index (χ1n) is 7.18. The number of hydrogen-bond acceptors (Lipinski definition) is 2. The first-order valence-corrected chi connectivity index (χ1v) is 7.18. The maximum absolute atomic E-state index is 12.1. The van der Waals surface area contributed by atoms with Crippen molar-refractivity contribution in [3.05, 3.63) is 0 Å². The van der Waals surface area contributed by atoms with Crippen LogP contribution in [-0.4, -0.2) is 25.5 Å². The summed E-state index contributed by atoms with van der Waals surface area (Å²) in [7, 11) is 0. The van der Waals surface area contributed by atoms with Gasteiger partial charge < -0.3 is 10.6 Å². The van der Waals surface area contributed by atoms with E-state index in [1.165, 1.54) is 32.1 Å².